The highest BCUT2D eigenvalue weighted by molar-refractivity contribution is 9.10. The monoisotopic (exact) mass is 311 g/mol. The van der Waals surface area contributed by atoms with Crippen LogP contribution in [0.1, 0.15) is 0 Å². The molecule has 0 bridgehead atoms. The number of hydrogen-bond donors (Lipinski definition) is 0. The summed E-state index contributed by atoms with van der Waals surface area (Å²) in [6.45, 7) is 1.21. The van der Waals surface area contributed by atoms with E-state index in [1.54, 1.807) is 12.3 Å². The minimum Gasteiger partial charge on any atom is -0.485 e. The molecule has 0 N–H and O–H groups in total. The first-order valence-corrected chi connectivity index (χ1v) is 6.31. The van der Waals surface area contributed by atoms with Gasteiger partial charge in [-0.1, -0.05) is 0 Å². The second-order valence-corrected chi connectivity index (χ2v) is 5.07. The van der Waals surface area contributed by atoms with Gasteiger partial charge in [-0.15, -0.1) is 0 Å². The first-order chi connectivity index (χ1) is 8.58. The van der Waals surface area contributed by atoms with Crippen LogP contribution < -0.4 is 10.3 Å². The van der Waals surface area contributed by atoms with Crippen LogP contribution in [0.2, 0.25) is 0 Å². The van der Waals surface area contributed by atoms with E-state index in [0.717, 1.165) is 11.0 Å². The SMILES string of the molecule is CN(C)CCOc1cnc2ccc(Br)cn2c1=O. The Hall–Kier alpha value is -1.40. The average molecular weight is 312 g/mol. The molecule has 2 aromatic rings. The standard InChI is InChI=1S/C12H14BrN3O2/c1-15(2)5-6-18-10-7-14-11-4-3-9(13)8-16(11)12(10)17/h3-4,7-8H,5-6H2,1-2H3. The summed E-state index contributed by atoms with van der Waals surface area (Å²) < 4.78 is 7.73. The smallest absolute Gasteiger partial charge is 0.300 e. The van der Waals surface area contributed by atoms with Crippen molar-refractivity contribution in [3.8, 4) is 5.75 Å². The minimum absolute atomic E-state index is 0.194. The zero-order chi connectivity index (χ0) is 13.1. The highest BCUT2D eigenvalue weighted by Gasteiger charge is 2.06. The first kappa shape index (κ1) is 13.0. The van der Waals surface area contributed by atoms with E-state index in [0.29, 0.717) is 12.3 Å². The van der Waals surface area contributed by atoms with Gasteiger partial charge in [-0.25, -0.2) is 4.98 Å². The number of aromatic nitrogens is 2. The van der Waals surface area contributed by atoms with E-state index in [-0.39, 0.29) is 11.3 Å². The molecule has 6 heteroatoms. The summed E-state index contributed by atoms with van der Waals surface area (Å²) in [7, 11) is 3.90. The van der Waals surface area contributed by atoms with Crippen LogP contribution >= 0.6 is 15.9 Å². The molecule has 0 saturated carbocycles. The Labute approximate surface area is 113 Å². The maximum Gasteiger partial charge on any atom is 0.300 e. The molecule has 96 valence electrons. The number of ether oxygens (including phenoxy) is 1. The summed E-state index contributed by atoms with van der Waals surface area (Å²) in [5, 5.41) is 0. The van der Waals surface area contributed by atoms with E-state index in [1.807, 2.05) is 25.1 Å². The van der Waals surface area contributed by atoms with Crippen LogP contribution in [0.15, 0.2) is 33.8 Å². The van der Waals surface area contributed by atoms with Gasteiger partial charge in [0.2, 0.25) is 5.75 Å². The molecule has 0 amide bonds. The molecule has 0 aliphatic carbocycles. The van der Waals surface area contributed by atoms with Crippen LogP contribution in [0.3, 0.4) is 0 Å². The molecule has 0 aliphatic rings. The Bertz CT molecular complexity index is 610. The third kappa shape index (κ3) is 2.88. The van der Waals surface area contributed by atoms with Crippen LogP contribution in [0.5, 0.6) is 5.75 Å². The minimum atomic E-state index is -0.194. The Morgan fingerprint density at radius 2 is 2.22 bits per heavy atom. The van der Waals surface area contributed by atoms with Gasteiger partial charge in [0.1, 0.15) is 12.3 Å². The molecule has 0 fully saturated rings. The van der Waals surface area contributed by atoms with Crippen molar-refractivity contribution in [2.45, 2.75) is 0 Å². The molecule has 0 aliphatic heterocycles. The predicted molar refractivity (Wildman–Crippen MR) is 73.2 cm³/mol. The summed E-state index contributed by atoms with van der Waals surface area (Å²) in [5.41, 5.74) is 0.406. The molecular weight excluding hydrogens is 298 g/mol. The van der Waals surface area contributed by atoms with Crippen molar-refractivity contribution >= 4 is 21.6 Å². The van der Waals surface area contributed by atoms with E-state index in [9.17, 15) is 4.79 Å². The molecular formula is C12H14BrN3O2. The van der Waals surface area contributed by atoms with Gasteiger partial charge in [0.15, 0.2) is 0 Å². The van der Waals surface area contributed by atoms with Crippen LogP contribution in [0, 0.1) is 0 Å². The lowest BCUT2D eigenvalue weighted by molar-refractivity contribution is 0.257. The largest absolute Gasteiger partial charge is 0.485 e. The molecule has 0 aromatic carbocycles. The maximum atomic E-state index is 12.1. The van der Waals surface area contributed by atoms with Crippen LogP contribution in [-0.2, 0) is 0 Å². The molecule has 0 unspecified atom stereocenters. The number of fused-ring (bicyclic) bond motifs is 1. The van der Waals surface area contributed by atoms with E-state index in [2.05, 4.69) is 20.9 Å². The van der Waals surface area contributed by atoms with Gasteiger partial charge in [0.05, 0.1) is 6.20 Å². The maximum absolute atomic E-state index is 12.1. The van der Waals surface area contributed by atoms with E-state index >= 15 is 0 Å². The Morgan fingerprint density at radius 1 is 1.44 bits per heavy atom. The summed E-state index contributed by atoms with van der Waals surface area (Å²) in [5.74, 6) is 0.271. The second kappa shape index (κ2) is 5.49. The van der Waals surface area contributed by atoms with Crippen molar-refractivity contribution in [3.63, 3.8) is 0 Å². The van der Waals surface area contributed by atoms with Crippen molar-refractivity contribution in [2.24, 2.45) is 0 Å². The highest BCUT2D eigenvalue weighted by Crippen LogP contribution is 2.10. The topological polar surface area (TPSA) is 46.8 Å². The van der Waals surface area contributed by atoms with Crippen molar-refractivity contribution in [3.05, 3.63) is 39.4 Å². The van der Waals surface area contributed by atoms with Crippen molar-refractivity contribution in [1.82, 2.24) is 14.3 Å². The van der Waals surface area contributed by atoms with Gasteiger partial charge in [0, 0.05) is 17.2 Å². The summed E-state index contributed by atoms with van der Waals surface area (Å²) in [4.78, 5) is 18.3. The Balaban J connectivity index is 2.30. The van der Waals surface area contributed by atoms with E-state index < -0.39 is 0 Å². The summed E-state index contributed by atoms with van der Waals surface area (Å²) in [6, 6.07) is 3.61. The summed E-state index contributed by atoms with van der Waals surface area (Å²) in [6.07, 6.45) is 3.16. The lowest BCUT2D eigenvalue weighted by atomic mass is 10.4. The first-order valence-electron chi connectivity index (χ1n) is 5.52. The third-order valence-electron chi connectivity index (χ3n) is 2.43. The number of rotatable bonds is 4. The normalized spacial score (nSPS) is 11.1. The zero-order valence-corrected chi connectivity index (χ0v) is 11.8. The molecule has 18 heavy (non-hydrogen) atoms. The second-order valence-electron chi connectivity index (χ2n) is 4.15. The van der Waals surface area contributed by atoms with Crippen LogP contribution in [0.25, 0.3) is 5.65 Å². The number of hydrogen-bond acceptors (Lipinski definition) is 4. The highest BCUT2D eigenvalue weighted by atomic mass is 79.9. The molecule has 2 rings (SSSR count). The molecule has 0 radical (unpaired) electrons. The lowest BCUT2D eigenvalue weighted by Crippen LogP contribution is -2.23. The summed E-state index contributed by atoms with van der Waals surface area (Å²) >= 11 is 3.33. The average Bonchev–Trinajstić information content (AvgIpc) is 2.32. The predicted octanol–water partition coefficient (Wildman–Crippen LogP) is 1.40. The van der Waals surface area contributed by atoms with Gasteiger partial charge in [0.25, 0.3) is 5.56 Å². The van der Waals surface area contributed by atoms with Crippen LogP contribution in [0.4, 0.5) is 0 Å². The van der Waals surface area contributed by atoms with Gasteiger partial charge in [-0.05, 0) is 42.2 Å². The van der Waals surface area contributed by atoms with E-state index in [1.165, 1.54) is 10.6 Å². The van der Waals surface area contributed by atoms with Gasteiger partial charge in [-0.3, -0.25) is 9.20 Å². The fraction of sp³-hybridized carbons (Fsp3) is 0.333. The molecule has 0 saturated heterocycles. The molecule has 5 nitrogen and oxygen atoms in total. The van der Waals surface area contributed by atoms with Gasteiger partial charge >= 0.3 is 0 Å². The number of halogens is 1. The quantitative estimate of drug-likeness (QED) is 0.856. The Morgan fingerprint density at radius 3 is 2.94 bits per heavy atom. The van der Waals surface area contributed by atoms with Crippen molar-refractivity contribution < 1.29 is 4.74 Å². The number of nitrogens with zero attached hydrogens (tertiary/aromatic N) is 3. The molecule has 0 atom stereocenters. The fourth-order valence-corrected chi connectivity index (χ4v) is 1.81. The fourth-order valence-electron chi connectivity index (χ4n) is 1.47. The van der Waals surface area contributed by atoms with Crippen molar-refractivity contribution in [1.29, 1.82) is 0 Å². The van der Waals surface area contributed by atoms with Gasteiger partial charge < -0.3 is 9.64 Å². The molecule has 0 spiro atoms. The lowest BCUT2D eigenvalue weighted by Gasteiger charge is -2.10. The Kier molecular flexibility index (Phi) is 3.98. The van der Waals surface area contributed by atoms with Gasteiger partial charge in [-0.2, -0.15) is 0 Å². The zero-order valence-electron chi connectivity index (χ0n) is 10.3. The third-order valence-corrected chi connectivity index (χ3v) is 2.90. The van der Waals surface area contributed by atoms with E-state index in [4.69, 9.17) is 4.74 Å². The molecule has 2 aromatic heterocycles. The number of pyridine rings is 1. The number of likely N-dealkylation sites (N-methyl/N-ethyl adjacent to an activating group) is 1. The van der Waals surface area contributed by atoms with Crippen LogP contribution in [-0.4, -0.2) is 41.5 Å². The van der Waals surface area contributed by atoms with Crippen molar-refractivity contribution in [2.75, 3.05) is 27.2 Å². The molecule has 2 heterocycles.